The van der Waals surface area contributed by atoms with E-state index in [2.05, 4.69) is 25.2 Å². The van der Waals surface area contributed by atoms with Gasteiger partial charge in [-0.1, -0.05) is 30.3 Å². The molecule has 0 saturated carbocycles. The minimum absolute atomic E-state index is 0.0919. The third kappa shape index (κ3) is 2.47. The van der Waals surface area contributed by atoms with Crippen LogP contribution >= 0.6 is 11.3 Å². The van der Waals surface area contributed by atoms with E-state index in [9.17, 15) is 4.39 Å². The molecule has 0 saturated heterocycles. The molecule has 0 aliphatic rings. The number of benzene rings is 2. The molecule has 3 aromatic rings. The van der Waals surface area contributed by atoms with Crippen LogP contribution in [0.2, 0.25) is 0 Å². The summed E-state index contributed by atoms with van der Waals surface area (Å²) in [5.74, 6) is -0.164. The molecule has 1 heterocycles. The molecule has 0 spiro atoms. The van der Waals surface area contributed by atoms with Gasteiger partial charge in [0.2, 0.25) is 0 Å². The third-order valence-electron chi connectivity index (χ3n) is 3.85. The van der Waals surface area contributed by atoms with Gasteiger partial charge in [0.1, 0.15) is 5.82 Å². The fraction of sp³-hybridized carbons (Fsp3) is 0.222. The van der Waals surface area contributed by atoms with Gasteiger partial charge in [-0.3, -0.25) is 0 Å². The molecule has 1 aromatic heterocycles. The molecule has 0 amide bonds. The molecule has 0 aliphatic heterocycles. The Morgan fingerprint density at radius 2 is 1.76 bits per heavy atom. The number of nitrogens with one attached hydrogen (secondary N) is 1. The Hall–Kier alpha value is -1.71. The van der Waals surface area contributed by atoms with Crippen LogP contribution in [0.15, 0.2) is 42.5 Å². The summed E-state index contributed by atoms with van der Waals surface area (Å²) in [4.78, 5) is 2.60. The number of rotatable bonds is 3. The third-order valence-corrected chi connectivity index (χ3v) is 5.06. The van der Waals surface area contributed by atoms with Crippen LogP contribution in [0.4, 0.5) is 4.39 Å². The molecule has 21 heavy (non-hydrogen) atoms. The van der Waals surface area contributed by atoms with Gasteiger partial charge in [-0.2, -0.15) is 0 Å². The summed E-state index contributed by atoms with van der Waals surface area (Å²) in [7, 11) is 1.96. The molecule has 0 bridgehead atoms. The highest BCUT2D eigenvalue weighted by molar-refractivity contribution is 7.12. The van der Waals surface area contributed by atoms with E-state index < -0.39 is 0 Å². The van der Waals surface area contributed by atoms with Gasteiger partial charge in [-0.25, -0.2) is 4.39 Å². The summed E-state index contributed by atoms with van der Waals surface area (Å²) in [6.07, 6.45) is 0. The Balaban J connectivity index is 2.22. The molecule has 108 valence electrons. The zero-order chi connectivity index (χ0) is 15.0. The lowest BCUT2D eigenvalue weighted by Gasteiger charge is -2.19. The lowest BCUT2D eigenvalue weighted by Crippen LogP contribution is -2.17. The molecule has 2 aromatic carbocycles. The first-order valence-electron chi connectivity index (χ1n) is 7.03. The van der Waals surface area contributed by atoms with Crippen molar-refractivity contribution in [1.82, 2.24) is 5.32 Å². The largest absolute Gasteiger partial charge is 0.309 e. The predicted molar refractivity (Wildman–Crippen MR) is 88.6 cm³/mol. The van der Waals surface area contributed by atoms with Crippen molar-refractivity contribution in [3.8, 4) is 0 Å². The van der Waals surface area contributed by atoms with Crippen LogP contribution in [0, 0.1) is 19.7 Å². The minimum atomic E-state index is -0.164. The Morgan fingerprint density at radius 3 is 2.38 bits per heavy atom. The first-order chi connectivity index (χ1) is 10.1. The van der Waals surface area contributed by atoms with Crippen LogP contribution in [0.1, 0.15) is 26.9 Å². The minimum Gasteiger partial charge on any atom is -0.309 e. The number of aryl methyl sites for hydroxylation is 2. The highest BCUT2D eigenvalue weighted by Crippen LogP contribution is 2.35. The molecule has 1 N–H and O–H groups in total. The number of hydrogen-bond acceptors (Lipinski definition) is 2. The van der Waals surface area contributed by atoms with Gasteiger partial charge in [0.05, 0.1) is 6.04 Å². The molecule has 0 radical (unpaired) electrons. The van der Waals surface area contributed by atoms with E-state index in [0.29, 0.717) is 5.39 Å². The summed E-state index contributed by atoms with van der Waals surface area (Å²) in [5, 5.41) is 5.04. The first-order valence-corrected chi connectivity index (χ1v) is 7.85. The van der Waals surface area contributed by atoms with E-state index in [0.717, 1.165) is 10.9 Å². The SMILES string of the molecule is CNC(c1sc(C)cc1C)c1ccc(F)c2ccccc12. The van der Waals surface area contributed by atoms with Gasteiger partial charge in [0, 0.05) is 15.1 Å². The standard InChI is InChI=1S/C18H18FNS/c1-11-10-12(2)21-18(11)17(20-3)15-8-9-16(19)14-7-5-4-6-13(14)15/h4-10,17,20H,1-3H3. The summed E-state index contributed by atoms with van der Waals surface area (Å²) >= 11 is 1.80. The van der Waals surface area contributed by atoms with Crippen molar-refractivity contribution in [3.05, 3.63) is 69.2 Å². The Bertz CT molecular complexity index is 791. The van der Waals surface area contributed by atoms with Gasteiger partial charge in [0.25, 0.3) is 0 Å². The van der Waals surface area contributed by atoms with E-state index in [1.54, 1.807) is 17.4 Å². The second kappa shape index (κ2) is 5.58. The summed E-state index contributed by atoms with van der Waals surface area (Å²) < 4.78 is 14.0. The van der Waals surface area contributed by atoms with E-state index >= 15 is 0 Å². The van der Waals surface area contributed by atoms with Crippen molar-refractivity contribution in [3.63, 3.8) is 0 Å². The van der Waals surface area contributed by atoms with Crippen molar-refractivity contribution < 1.29 is 4.39 Å². The van der Waals surface area contributed by atoms with Gasteiger partial charge in [0.15, 0.2) is 0 Å². The van der Waals surface area contributed by atoms with Crippen LogP contribution in [0.3, 0.4) is 0 Å². The molecule has 3 rings (SSSR count). The molecule has 0 fully saturated rings. The zero-order valence-corrected chi connectivity index (χ0v) is 13.2. The molecular weight excluding hydrogens is 281 g/mol. The number of hydrogen-bond donors (Lipinski definition) is 1. The van der Waals surface area contributed by atoms with Gasteiger partial charge in [-0.15, -0.1) is 11.3 Å². The maximum Gasteiger partial charge on any atom is 0.131 e. The average Bonchev–Trinajstić information content (AvgIpc) is 2.81. The summed E-state index contributed by atoms with van der Waals surface area (Å²) in [6.45, 7) is 4.26. The Labute approximate surface area is 128 Å². The second-order valence-corrected chi connectivity index (χ2v) is 6.60. The van der Waals surface area contributed by atoms with Crippen LogP contribution in [0.25, 0.3) is 10.8 Å². The molecule has 1 nitrogen and oxygen atoms in total. The monoisotopic (exact) mass is 299 g/mol. The Morgan fingerprint density at radius 1 is 1.05 bits per heavy atom. The number of halogens is 1. The van der Waals surface area contributed by atoms with Crippen molar-refractivity contribution in [2.24, 2.45) is 0 Å². The van der Waals surface area contributed by atoms with Crippen molar-refractivity contribution in [2.45, 2.75) is 19.9 Å². The molecular formula is C18H18FNS. The number of fused-ring (bicyclic) bond motifs is 1. The van der Waals surface area contributed by atoms with E-state index in [-0.39, 0.29) is 11.9 Å². The maximum absolute atomic E-state index is 14.0. The van der Waals surface area contributed by atoms with Crippen LogP contribution < -0.4 is 5.32 Å². The van der Waals surface area contributed by atoms with Crippen LogP contribution in [-0.2, 0) is 0 Å². The zero-order valence-electron chi connectivity index (χ0n) is 12.4. The summed E-state index contributed by atoms with van der Waals surface area (Å²) in [6, 6.07) is 13.4. The average molecular weight is 299 g/mol. The van der Waals surface area contributed by atoms with E-state index in [1.807, 2.05) is 37.4 Å². The lowest BCUT2D eigenvalue weighted by atomic mass is 9.96. The fourth-order valence-corrected chi connectivity index (χ4v) is 4.08. The molecule has 0 aliphatic carbocycles. The van der Waals surface area contributed by atoms with E-state index in [4.69, 9.17) is 0 Å². The lowest BCUT2D eigenvalue weighted by molar-refractivity contribution is 0.637. The van der Waals surface area contributed by atoms with Crippen molar-refractivity contribution in [1.29, 1.82) is 0 Å². The fourth-order valence-electron chi connectivity index (χ4n) is 2.91. The maximum atomic E-state index is 14.0. The highest BCUT2D eigenvalue weighted by atomic mass is 32.1. The highest BCUT2D eigenvalue weighted by Gasteiger charge is 2.19. The van der Waals surface area contributed by atoms with Gasteiger partial charge < -0.3 is 5.32 Å². The molecule has 1 atom stereocenters. The summed E-state index contributed by atoms with van der Waals surface area (Å²) in [5.41, 5.74) is 2.41. The van der Waals surface area contributed by atoms with E-state index in [1.165, 1.54) is 15.3 Å². The molecule has 1 unspecified atom stereocenters. The quantitative estimate of drug-likeness (QED) is 0.720. The smallest absolute Gasteiger partial charge is 0.131 e. The van der Waals surface area contributed by atoms with Crippen LogP contribution in [-0.4, -0.2) is 7.05 Å². The molecule has 3 heteroatoms. The number of thiophene rings is 1. The van der Waals surface area contributed by atoms with Gasteiger partial charge >= 0.3 is 0 Å². The Kier molecular flexibility index (Phi) is 3.79. The predicted octanol–water partition coefficient (Wildman–Crippen LogP) is 4.97. The second-order valence-electron chi connectivity index (χ2n) is 5.31. The topological polar surface area (TPSA) is 12.0 Å². The van der Waals surface area contributed by atoms with Crippen LogP contribution in [0.5, 0.6) is 0 Å². The van der Waals surface area contributed by atoms with Crippen molar-refractivity contribution in [2.75, 3.05) is 7.05 Å². The first kappa shape index (κ1) is 14.2. The van der Waals surface area contributed by atoms with Gasteiger partial charge in [-0.05, 0) is 49.5 Å². The normalized spacial score (nSPS) is 12.8. The van der Waals surface area contributed by atoms with Crippen molar-refractivity contribution >= 4 is 22.1 Å².